The van der Waals surface area contributed by atoms with Gasteiger partial charge in [-0.15, -0.1) is 0 Å². The molecular weight excluding hydrogens is 228 g/mol. The number of nitrogens with zero attached hydrogens (tertiary/aromatic N) is 1. The van der Waals surface area contributed by atoms with Crippen molar-refractivity contribution in [3.63, 3.8) is 0 Å². The Labute approximate surface area is 109 Å². The first-order valence-corrected chi connectivity index (χ1v) is 7.19. The number of carbonyl (C=O) groups is 2. The zero-order valence-corrected chi connectivity index (χ0v) is 11.4. The van der Waals surface area contributed by atoms with Crippen LogP contribution in [0.2, 0.25) is 0 Å². The van der Waals surface area contributed by atoms with Crippen LogP contribution >= 0.6 is 0 Å². The van der Waals surface area contributed by atoms with Crippen molar-refractivity contribution in [2.45, 2.75) is 52.0 Å². The summed E-state index contributed by atoms with van der Waals surface area (Å²) in [5.41, 5.74) is 0. The summed E-state index contributed by atoms with van der Waals surface area (Å²) in [4.78, 5) is 25.6. The van der Waals surface area contributed by atoms with Crippen LogP contribution in [-0.4, -0.2) is 35.8 Å². The first kappa shape index (κ1) is 13.4. The van der Waals surface area contributed by atoms with Crippen molar-refractivity contribution in [1.29, 1.82) is 0 Å². The Balaban J connectivity index is 2.00. The molecule has 0 radical (unpaired) electrons. The smallest absolute Gasteiger partial charge is 0.243 e. The van der Waals surface area contributed by atoms with E-state index in [1.807, 2.05) is 11.8 Å². The summed E-state index contributed by atoms with van der Waals surface area (Å²) in [6.07, 6.45) is 5.67. The van der Waals surface area contributed by atoms with E-state index in [0.29, 0.717) is 12.3 Å². The Kier molecular flexibility index (Phi) is 4.25. The molecule has 0 spiro atoms. The molecule has 1 saturated carbocycles. The molecule has 1 N–H and O–H groups in total. The van der Waals surface area contributed by atoms with Crippen molar-refractivity contribution in [2.24, 2.45) is 11.8 Å². The first-order valence-electron chi connectivity index (χ1n) is 7.19. The molecule has 102 valence electrons. The quantitative estimate of drug-likeness (QED) is 0.828. The molecule has 2 rings (SSSR count). The van der Waals surface area contributed by atoms with Crippen LogP contribution in [0.1, 0.15) is 46.0 Å². The normalized spacial score (nSPS) is 33.4. The Bertz CT molecular complexity index is 330. The maximum absolute atomic E-state index is 12.0. The van der Waals surface area contributed by atoms with Crippen LogP contribution < -0.4 is 5.32 Å². The highest BCUT2D eigenvalue weighted by atomic mass is 16.2. The Hall–Kier alpha value is -1.06. The second-order valence-corrected chi connectivity index (χ2v) is 5.83. The standard InChI is InChI=1S/C14H24N2O2/c1-3-12-14(18)15-8-13(17)16(12)9-11-6-4-5-10(2)7-11/h10-12H,3-9H2,1-2H3,(H,15,18). The summed E-state index contributed by atoms with van der Waals surface area (Å²) in [5, 5.41) is 2.68. The molecular formula is C14H24N2O2. The van der Waals surface area contributed by atoms with E-state index in [2.05, 4.69) is 12.2 Å². The minimum atomic E-state index is -0.247. The van der Waals surface area contributed by atoms with Gasteiger partial charge in [0.2, 0.25) is 11.8 Å². The molecule has 0 aromatic heterocycles. The summed E-state index contributed by atoms with van der Waals surface area (Å²) >= 11 is 0. The molecule has 18 heavy (non-hydrogen) atoms. The third-order valence-corrected chi connectivity index (χ3v) is 4.30. The van der Waals surface area contributed by atoms with Crippen molar-refractivity contribution in [1.82, 2.24) is 10.2 Å². The maximum atomic E-state index is 12.0. The molecule has 4 heteroatoms. The van der Waals surface area contributed by atoms with E-state index in [1.165, 1.54) is 25.7 Å². The highest BCUT2D eigenvalue weighted by molar-refractivity contribution is 5.94. The summed E-state index contributed by atoms with van der Waals surface area (Å²) in [7, 11) is 0. The van der Waals surface area contributed by atoms with Crippen molar-refractivity contribution in [3.05, 3.63) is 0 Å². The summed E-state index contributed by atoms with van der Waals surface area (Å²) in [6.45, 7) is 5.21. The topological polar surface area (TPSA) is 49.4 Å². The molecule has 3 unspecified atom stereocenters. The summed E-state index contributed by atoms with van der Waals surface area (Å²) < 4.78 is 0. The first-order chi connectivity index (χ1) is 8.61. The fourth-order valence-electron chi connectivity index (χ4n) is 3.34. The number of piperazine rings is 1. The van der Waals surface area contributed by atoms with Crippen LogP contribution in [0.4, 0.5) is 0 Å². The predicted octanol–water partition coefficient (Wildman–Crippen LogP) is 1.55. The van der Waals surface area contributed by atoms with E-state index in [1.54, 1.807) is 0 Å². The molecule has 3 atom stereocenters. The highest BCUT2D eigenvalue weighted by Gasteiger charge is 2.34. The van der Waals surface area contributed by atoms with Gasteiger partial charge in [0, 0.05) is 6.54 Å². The van der Waals surface area contributed by atoms with Gasteiger partial charge in [-0.25, -0.2) is 0 Å². The van der Waals surface area contributed by atoms with E-state index in [0.717, 1.165) is 12.5 Å². The van der Waals surface area contributed by atoms with Crippen molar-refractivity contribution >= 4 is 11.8 Å². The molecule has 0 aromatic carbocycles. The van der Waals surface area contributed by atoms with Gasteiger partial charge in [0.15, 0.2) is 0 Å². The molecule has 2 fully saturated rings. The second kappa shape index (κ2) is 5.72. The lowest BCUT2D eigenvalue weighted by atomic mass is 9.82. The largest absolute Gasteiger partial charge is 0.345 e. The number of amides is 2. The minimum absolute atomic E-state index is 0.0148. The van der Waals surface area contributed by atoms with Gasteiger partial charge in [0.05, 0.1) is 6.54 Å². The lowest BCUT2D eigenvalue weighted by molar-refractivity contribution is -0.146. The molecule has 0 aromatic rings. The number of rotatable bonds is 3. The van der Waals surface area contributed by atoms with E-state index in [9.17, 15) is 9.59 Å². The summed E-state index contributed by atoms with van der Waals surface area (Å²) in [6, 6.07) is -0.247. The molecule has 2 aliphatic rings. The molecule has 1 saturated heterocycles. The summed E-state index contributed by atoms with van der Waals surface area (Å²) in [5.74, 6) is 1.44. The van der Waals surface area contributed by atoms with Crippen LogP contribution in [0.15, 0.2) is 0 Å². The van der Waals surface area contributed by atoms with Crippen LogP contribution in [0.3, 0.4) is 0 Å². The zero-order valence-electron chi connectivity index (χ0n) is 11.4. The fraction of sp³-hybridized carbons (Fsp3) is 0.857. The van der Waals surface area contributed by atoms with Crippen molar-refractivity contribution in [2.75, 3.05) is 13.1 Å². The molecule has 4 nitrogen and oxygen atoms in total. The molecule has 1 aliphatic heterocycles. The minimum Gasteiger partial charge on any atom is -0.345 e. The second-order valence-electron chi connectivity index (χ2n) is 5.83. The molecule has 2 amide bonds. The lowest BCUT2D eigenvalue weighted by Crippen LogP contribution is -2.59. The third kappa shape index (κ3) is 2.85. The number of nitrogens with one attached hydrogen (secondary N) is 1. The third-order valence-electron chi connectivity index (χ3n) is 4.30. The molecule has 1 heterocycles. The van der Waals surface area contributed by atoms with Gasteiger partial charge in [0.1, 0.15) is 6.04 Å². The van der Waals surface area contributed by atoms with E-state index in [4.69, 9.17) is 0 Å². The van der Waals surface area contributed by atoms with Gasteiger partial charge < -0.3 is 10.2 Å². The van der Waals surface area contributed by atoms with Gasteiger partial charge in [-0.3, -0.25) is 9.59 Å². The Morgan fingerprint density at radius 2 is 2.11 bits per heavy atom. The molecule has 0 bridgehead atoms. The van der Waals surface area contributed by atoms with Crippen LogP contribution in [0.25, 0.3) is 0 Å². The van der Waals surface area contributed by atoms with Gasteiger partial charge in [0.25, 0.3) is 0 Å². The number of carbonyl (C=O) groups excluding carboxylic acids is 2. The highest BCUT2D eigenvalue weighted by Crippen LogP contribution is 2.30. The Morgan fingerprint density at radius 1 is 1.33 bits per heavy atom. The van der Waals surface area contributed by atoms with Gasteiger partial charge >= 0.3 is 0 Å². The van der Waals surface area contributed by atoms with Crippen molar-refractivity contribution < 1.29 is 9.59 Å². The predicted molar refractivity (Wildman–Crippen MR) is 69.9 cm³/mol. The van der Waals surface area contributed by atoms with Crippen LogP contribution in [-0.2, 0) is 9.59 Å². The van der Waals surface area contributed by atoms with Crippen LogP contribution in [0, 0.1) is 11.8 Å². The average molecular weight is 252 g/mol. The van der Waals surface area contributed by atoms with E-state index < -0.39 is 0 Å². The van der Waals surface area contributed by atoms with Crippen LogP contribution in [0.5, 0.6) is 0 Å². The van der Waals surface area contributed by atoms with Crippen molar-refractivity contribution in [3.8, 4) is 0 Å². The lowest BCUT2D eigenvalue weighted by Gasteiger charge is -2.38. The van der Waals surface area contributed by atoms with Gasteiger partial charge in [-0.05, 0) is 31.1 Å². The monoisotopic (exact) mass is 252 g/mol. The maximum Gasteiger partial charge on any atom is 0.243 e. The van der Waals surface area contributed by atoms with E-state index >= 15 is 0 Å². The van der Waals surface area contributed by atoms with E-state index in [-0.39, 0.29) is 24.4 Å². The number of hydrogen-bond acceptors (Lipinski definition) is 2. The van der Waals surface area contributed by atoms with Gasteiger partial charge in [-0.2, -0.15) is 0 Å². The average Bonchev–Trinajstić information content (AvgIpc) is 2.34. The number of hydrogen-bond donors (Lipinski definition) is 1. The SMILES string of the molecule is CCC1C(=O)NCC(=O)N1CC1CCCC(C)C1. The zero-order chi connectivity index (χ0) is 13.1. The molecule has 1 aliphatic carbocycles. The Morgan fingerprint density at radius 3 is 2.78 bits per heavy atom. The van der Waals surface area contributed by atoms with Gasteiger partial charge in [-0.1, -0.05) is 26.7 Å². The fourth-order valence-corrected chi connectivity index (χ4v) is 3.34.